The Labute approximate surface area is 171 Å². The van der Waals surface area contributed by atoms with Crippen LogP contribution < -0.4 is 10.6 Å². The van der Waals surface area contributed by atoms with Gasteiger partial charge < -0.3 is 20.5 Å². The zero-order chi connectivity index (χ0) is 21.2. The second kappa shape index (κ2) is 11.4. The van der Waals surface area contributed by atoms with Crippen LogP contribution in [0.4, 0.5) is 0 Å². The SMILES string of the molecule is CC1CNC(=O)C(C(=O)N[C@@H](CO)Cc2ccccc2)CC=CCC(C)C(=O)O1. The molecule has 3 unspecified atom stereocenters. The van der Waals surface area contributed by atoms with E-state index in [1.54, 1.807) is 26.0 Å². The first-order valence-corrected chi connectivity index (χ1v) is 9.99. The van der Waals surface area contributed by atoms with E-state index in [2.05, 4.69) is 10.6 Å². The topological polar surface area (TPSA) is 105 Å². The minimum absolute atomic E-state index is 0.137. The molecule has 0 aliphatic carbocycles. The minimum atomic E-state index is -0.922. The van der Waals surface area contributed by atoms with Gasteiger partial charge in [0.15, 0.2) is 0 Å². The minimum Gasteiger partial charge on any atom is -0.461 e. The molecule has 7 heteroatoms. The number of carbonyl (C=O) groups is 3. The summed E-state index contributed by atoms with van der Waals surface area (Å²) in [6.45, 7) is 3.39. The second-order valence-electron chi connectivity index (χ2n) is 7.47. The highest BCUT2D eigenvalue weighted by molar-refractivity contribution is 6.00. The smallest absolute Gasteiger partial charge is 0.309 e. The molecule has 1 heterocycles. The van der Waals surface area contributed by atoms with E-state index in [0.717, 1.165) is 5.56 Å². The first-order valence-electron chi connectivity index (χ1n) is 9.99. The van der Waals surface area contributed by atoms with Gasteiger partial charge >= 0.3 is 5.97 Å². The van der Waals surface area contributed by atoms with Gasteiger partial charge in [-0.05, 0) is 31.7 Å². The van der Waals surface area contributed by atoms with Crippen molar-refractivity contribution in [2.24, 2.45) is 11.8 Å². The number of aliphatic hydroxyl groups is 1. The number of carbonyl (C=O) groups excluding carboxylic acids is 3. The van der Waals surface area contributed by atoms with Crippen LogP contribution in [0.15, 0.2) is 42.5 Å². The summed E-state index contributed by atoms with van der Waals surface area (Å²) in [5, 5.41) is 15.1. The maximum Gasteiger partial charge on any atom is 0.309 e. The van der Waals surface area contributed by atoms with Crippen molar-refractivity contribution >= 4 is 17.8 Å². The predicted molar refractivity (Wildman–Crippen MR) is 109 cm³/mol. The quantitative estimate of drug-likeness (QED) is 0.392. The Kier molecular flexibility index (Phi) is 8.86. The highest BCUT2D eigenvalue weighted by atomic mass is 16.5. The fourth-order valence-electron chi connectivity index (χ4n) is 3.05. The average Bonchev–Trinajstić information content (AvgIpc) is 2.71. The molecule has 3 N–H and O–H groups in total. The molecule has 158 valence electrons. The van der Waals surface area contributed by atoms with Gasteiger partial charge in [-0.3, -0.25) is 14.4 Å². The molecule has 1 aliphatic rings. The fourth-order valence-corrected chi connectivity index (χ4v) is 3.05. The summed E-state index contributed by atoms with van der Waals surface area (Å²) < 4.78 is 5.31. The van der Waals surface area contributed by atoms with Crippen molar-refractivity contribution in [1.82, 2.24) is 10.6 Å². The maximum absolute atomic E-state index is 12.8. The summed E-state index contributed by atoms with van der Waals surface area (Å²) in [4.78, 5) is 37.3. The van der Waals surface area contributed by atoms with Crippen LogP contribution in [-0.2, 0) is 25.5 Å². The molecular formula is C22H30N2O5. The zero-order valence-corrected chi connectivity index (χ0v) is 17.0. The molecular weight excluding hydrogens is 372 g/mol. The molecule has 2 rings (SSSR count). The number of esters is 1. The van der Waals surface area contributed by atoms with Crippen LogP contribution in [0, 0.1) is 11.8 Å². The van der Waals surface area contributed by atoms with Crippen molar-refractivity contribution < 1.29 is 24.2 Å². The van der Waals surface area contributed by atoms with Gasteiger partial charge in [-0.1, -0.05) is 49.4 Å². The first kappa shape index (κ1) is 22.6. The van der Waals surface area contributed by atoms with Gasteiger partial charge in [0.2, 0.25) is 11.8 Å². The Bertz CT molecular complexity index is 719. The van der Waals surface area contributed by atoms with Gasteiger partial charge in [0, 0.05) is 0 Å². The van der Waals surface area contributed by atoms with Crippen molar-refractivity contribution in [2.45, 2.75) is 45.3 Å². The van der Waals surface area contributed by atoms with Gasteiger partial charge in [0.1, 0.15) is 12.0 Å². The predicted octanol–water partition coefficient (Wildman–Crippen LogP) is 1.36. The first-order chi connectivity index (χ1) is 13.9. The third-order valence-corrected chi connectivity index (χ3v) is 4.84. The number of allylic oxidation sites excluding steroid dienone is 2. The van der Waals surface area contributed by atoms with E-state index in [9.17, 15) is 19.5 Å². The van der Waals surface area contributed by atoms with Crippen molar-refractivity contribution in [3.05, 3.63) is 48.0 Å². The largest absolute Gasteiger partial charge is 0.461 e. The van der Waals surface area contributed by atoms with E-state index in [4.69, 9.17) is 4.74 Å². The summed E-state index contributed by atoms with van der Waals surface area (Å²) in [7, 11) is 0. The third-order valence-electron chi connectivity index (χ3n) is 4.84. The lowest BCUT2D eigenvalue weighted by Crippen LogP contribution is -2.48. The van der Waals surface area contributed by atoms with Crippen LogP contribution >= 0.6 is 0 Å². The summed E-state index contributed by atoms with van der Waals surface area (Å²) in [5.41, 5.74) is 0.986. The average molecular weight is 402 g/mol. The number of hydrogen-bond acceptors (Lipinski definition) is 5. The monoisotopic (exact) mass is 402 g/mol. The van der Waals surface area contributed by atoms with Gasteiger partial charge in [0.25, 0.3) is 0 Å². The number of amides is 2. The molecule has 0 spiro atoms. The lowest BCUT2D eigenvalue weighted by molar-refractivity contribution is -0.153. The number of hydrogen-bond donors (Lipinski definition) is 3. The van der Waals surface area contributed by atoms with Crippen LogP contribution in [0.3, 0.4) is 0 Å². The van der Waals surface area contributed by atoms with Gasteiger partial charge in [-0.25, -0.2) is 0 Å². The molecule has 0 radical (unpaired) electrons. The normalized spacial score (nSPS) is 24.4. The fraction of sp³-hybridized carbons (Fsp3) is 0.500. The molecule has 0 bridgehead atoms. The third kappa shape index (κ3) is 7.34. The Balaban J connectivity index is 2.06. The van der Waals surface area contributed by atoms with Gasteiger partial charge in [0.05, 0.1) is 25.1 Å². The molecule has 0 saturated heterocycles. The molecule has 1 aliphatic heterocycles. The summed E-state index contributed by atoms with van der Waals surface area (Å²) in [5.74, 6) is -2.38. The maximum atomic E-state index is 12.8. The number of benzene rings is 1. The molecule has 4 atom stereocenters. The highest BCUT2D eigenvalue weighted by Crippen LogP contribution is 2.13. The lowest BCUT2D eigenvalue weighted by atomic mass is 9.99. The van der Waals surface area contributed by atoms with Crippen molar-refractivity contribution in [1.29, 1.82) is 0 Å². The molecule has 29 heavy (non-hydrogen) atoms. The summed E-state index contributed by atoms with van der Waals surface area (Å²) in [6, 6.07) is 9.05. The zero-order valence-electron chi connectivity index (χ0n) is 17.0. The van der Waals surface area contributed by atoms with Crippen LogP contribution in [0.25, 0.3) is 0 Å². The van der Waals surface area contributed by atoms with Gasteiger partial charge in [-0.2, -0.15) is 0 Å². The number of aliphatic hydroxyl groups excluding tert-OH is 1. The van der Waals surface area contributed by atoms with Crippen LogP contribution in [0.2, 0.25) is 0 Å². The standard InChI is InChI=1S/C22H30N2O5/c1-15-8-6-7-11-19(20(26)23-13-16(2)29-22(15)28)21(27)24-18(14-25)12-17-9-4-3-5-10-17/h3-7,9-10,15-16,18-19,25H,8,11-14H2,1-2H3,(H,23,26)(H,24,27)/t15?,16?,18-,19?/m1/s1. The van der Waals surface area contributed by atoms with Crippen molar-refractivity contribution in [3.8, 4) is 0 Å². The van der Waals surface area contributed by atoms with E-state index in [0.29, 0.717) is 12.8 Å². The van der Waals surface area contributed by atoms with Crippen LogP contribution in [0.1, 0.15) is 32.3 Å². The van der Waals surface area contributed by atoms with E-state index >= 15 is 0 Å². The number of cyclic esters (lactones) is 1. The molecule has 1 aromatic carbocycles. The van der Waals surface area contributed by atoms with Crippen molar-refractivity contribution in [2.75, 3.05) is 13.2 Å². The molecule has 0 fully saturated rings. The Morgan fingerprint density at radius 2 is 1.90 bits per heavy atom. The molecule has 7 nitrogen and oxygen atoms in total. The molecule has 1 aromatic rings. The molecule has 0 saturated carbocycles. The van der Waals surface area contributed by atoms with E-state index in [-0.39, 0.29) is 31.5 Å². The Morgan fingerprint density at radius 1 is 1.21 bits per heavy atom. The Hall–Kier alpha value is -2.67. The van der Waals surface area contributed by atoms with Gasteiger partial charge in [-0.15, -0.1) is 0 Å². The van der Waals surface area contributed by atoms with Crippen molar-refractivity contribution in [3.63, 3.8) is 0 Å². The molecule has 0 aromatic heterocycles. The highest BCUT2D eigenvalue weighted by Gasteiger charge is 2.28. The summed E-state index contributed by atoms with van der Waals surface area (Å²) >= 11 is 0. The number of nitrogens with one attached hydrogen (secondary N) is 2. The van der Waals surface area contributed by atoms with Crippen LogP contribution in [0.5, 0.6) is 0 Å². The van der Waals surface area contributed by atoms with Crippen LogP contribution in [-0.4, -0.2) is 48.2 Å². The number of rotatable bonds is 5. The van der Waals surface area contributed by atoms with E-state index in [1.807, 2.05) is 30.3 Å². The Morgan fingerprint density at radius 3 is 2.59 bits per heavy atom. The summed E-state index contributed by atoms with van der Waals surface area (Å²) in [6.07, 6.45) is 4.22. The lowest BCUT2D eigenvalue weighted by Gasteiger charge is -2.22. The second-order valence-corrected chi connectivity index (χ2v) is 7.47. The number of ether oxygens (including phenoxy) is 1. The van der Waals surface area contributed by atoms with E-state index < -0.39 is 29.9 Å². The van der Waals surface area contributed by atoms with E-state index in [1.165, 1.54) is 0 Å². The molecule has 2 amide bonds.